The van der Waals surface area contributed by atoms with Crippen LogP contribution in [0, 0.1) is 0 Å². The maximum atomic E-state index is 12.5. The quantitative estimate of drug-likeness (QED) is 0.355. The van der Waals surface area contributed by atoms with Crippen molar-refractivity contribution in [2.75, 3.05) is 25.6 Å². The third-order valence-electron chi connectivity index (χ3n) is 4.70. The minimum absolute atomic E-state index is 0.150. The third-order valence-corrected chi connectivity index (χ3v) is 4.90. The van der Waals surface area contributed by atoms with Crippen LogP contribution in [0.5, 0.6) is 0 Å². The van der Waals surface area contributed by atoms with Crippen LogP contribution in [0.1, 0.15) is 27.1 Å². The van der Waals surface area contributed by atoms with Gasteiger partial charge in [0, 0.05) is 37.1 Å². The molecule has 0 fully saturated rings. The van der Waals surface area contributed by atoms with E-state index in [0.717, 1.165) is 17.5 Å². The Morgan fingerprint density at radius 1 is 0.812 bits per heavy atom. The molecule has 0 saturated heterocycles. The van der Waals surface area contributed by atoms with Gasteiger partial charge in [-0.1, -0.05) is 42.5 Å². The van der Waals surface area contributed by atoms with Crippen molar-refractivity contribution in [1.29, 1.82) is 0 Å². The van der Waals surface area contributed by atoms with E-state index in [9.17, 15) is 9.59 Å². The third kappa shape index (κ3) is 6.73. The molecule has 0 aliphatic heterocycles. The van der Waals surface area contributed by atoms with E-state index in [0.29, 0.717) is 30.0 Å². The van der Waals surface area contributed by atoms with Crippen LogP contribution in [0.3, 0.4) is 0 Å². The second-order valence-electron chi connectivity index (χ2n) is 7.03. The highest BCUT2D eigenvalue weighted by molar-refractivity contribution is 7.80. The normalized spacial score (nSPS) is 10.3. The number of rotatable bonds is 8. The molecule has 6 nitrogen and oxygen atoms in total. The molecule has 0 heterocycles. The van der Waals surface area contributed by atoms with Gasteiger partial charge >= 0.3 is 0 Å². The minimum Gasteiger partial charge on any atom is -0.385 e. The fourth-order valence-electron chi connectivity index (χ4n) is 3.01. The van der Waals surface area contributed by atoms with Crippen LogP contribution < -0.4 is 16.0 Å². The predicted octanol–water partition coefficient (Wildman–Crippen LogP) is 4.25. The van der Waals surface area contributed by atoms with Crippen LogP contribution in [-0.2, 0) is 4.74 Å². The summed E-state index contributed by atoms with van der Waals surface area (Å²) >= 11 is 5.25. The monoisotopic (exact) mass is 447 g/mol. The zero-order valence-corrected chi connectivity index (χ0v) is 18.6. The van der Waals surface area contributed by atoms with E-state index in [4.69, 9.17) is 17.0 Å². The lowest BCUT2D eigenvalue weighted by molar-refractivity contribution is 0.0946. The fourth-order valence-corrected chi connectivity index (χ4v) is 3.22. The molecule has 3 aromatic rings. The molecule has 3 rings (SSSR count). The molecular weight excluding hydrogens is 422 g/mol. The summed E-state index contributed by atoms with van der Waals surface area (Å²) < 4.78 is 4.96. The van der Waals surface area contributed by atoms with Gasteiger partial charge in [-0.15, -0.1) is 0 Å². The van der Waals surface area contributed by atoms with E-state index in [1.165, 1.54) is 0 Å². The van der Waals surface area contributed by atoms with Crippen LogP contribution >= 0.6 is 12.2 Å². The van der Waals surface area contributed by atoms with Crippen molar-refractivity contribution >= 4 is 34.8 Å². The lowest BCUT2D eigenvalue weighted by Crippen LogP contribution is -2.34. The molecular formula is C25H25N3O3S. The number of hydrogen-bond donors (Lipinski definition) is 3. The Bertz CT molecular complexity index is 1050. The zero-order valence-electron chi connectivity index (χ0n) is 17.8. The van der Waals surface area contributed by atoms with E-state index >= 15 is 0 Å². The van der Waals surface area contributed by atoms with Crippen LogP contribution in [0.4, 0.5) is 5.69 Å². The minimum atomic E-state index is -0.297. The van der Waals surface area contributed by atoms with Crippen LogP contribution in [0.15, 0.2) is 78.9 Å². The first-order valence-electron chi connectivity index (χ1n) is 10.2. The summed E-state index contributed by atoms with van der Waals surface area (Å²) in [7, 11) is 1.63. The number of hydrogen-bond acceptors (Lipinski definition) is 4. The summed E-state index contributed by atoms with van der Waals surface area (Å²) in [5.41, 5.74) is 3.84. The molecule has 7 heteroatoms. The largest absolute Gasteiger partial charge is 0.385 e. The summed E-state index contributed by atoms with van der Waals surface area (Å²) in [6.45, 7) is 1.15. The van der Waals surface area contributed by atoms with E-state index in [-0.39, 0.29) is 16.9 Å². The van der Waals surface area contributed by atoms with Crippen molar-refractivity contribution in [3.8, 4) is 11.1 Å². The van der Waals surface area contributed by atoms with E-state index in [1.807, 2.05) is 42.5 Å². The van der Waals surface area contributed by atoms with Crippen LogP contribution in [0.25, 0.3) is 11.1 Å². The number of anilines is 1. The van der Waals surface area contributed by atoms with Gasteiger partial charge in [-0.3, -0.25) is 14.9 Å². The summed E-state index contributed by atoms with van der Waals surface area (Å²) in [4.78, 5) is 24.6. The van der Waals surface area contributed by atoms with Crippen LogP contribution in [0.2, 0.25) is 0 Å². The Labute approximate surface area is 193 Å². The first kappa shape index (κ1) is 23.1. The Morgan fingerprint density at radius 3 is 2.06 bits per heavy atom. The molecule has 0 radical (unpaired) electrons. The van der Waals surface area contributed by atoms with Gasteiger partial charge in [-0.25, -0.2) is 0 Å². The van der Waals surface area contributed by atoms with Crippen molar-refractivity contribution in [3.05, 3.63) is 90.0 Å². The standard InChI is InChI=1S/C25H25N3O3S/c1-31-17-5-16-26-23(29)20-12-14-22(15-13-20)27-25(32)28-24(30)21-10-8-19(9-11-21)18-6-3-2-4-7-18/h2-4,6-15H,5,16-17H2,1H3,(H,26,29)(H2,27,28,30,32). The lowest BCUT2D eigenvalue weighted by Gasteiger charge is -2.11. The number of nitrogens with one attached hydrogen (secondary N) is 3. The topological polar surface area (TPSA) is 79.5 Å². The van der Waals surface area contributed by atoms with Gasteiger partial charge in [-0.05, 0) is 66.2 Å². The highest BCUT2D eigenvalue weighted by Crippen LogP contribution is 2.19. The van der Waals surface area contributed by atoms with Gasteiger partial charge in [0.15, 0.2) is 5.11 Å². The molecule has 0 bridgehead atoms. The van der Waals surface area contributed by atoms with Crippen molar-refractivity contribution in [2.24, 2.45) is 0 Å². The molecule has 0 unspecified atom stereocenters. The number of carbonyl (C=O) groups is 2. The Hall–Kier alpha value is -3.55. The molecule has 0 aliphatic rings. The molecule has 2 amide bonds. The molecule has 0 spiro atoms. The Balaban J connectivity index is 1.50. The molecule has 0 atom stereocenters. The van der Waals surface area contributed by atoms with Gasteiger partial charge in [0.2, 0.25) is 0 Å². The fraction of sp³-hybridized carbons (Fsp3) is 0.160. The van der Waals surface area contributed by atoms with Gasteiger partial charge < -0.3 is 15.4 Å². The first-order valence-corrected chi connectivity index (χ1v) is 10.6. The van der Waals surface area contributed by atoms with Crippen molar-refractivity contribution in [1.82, 2.24) is 10.6 Å². The summed E-state index contributed by atoms with van der Waals surface area (Å²) in [5, 5.41) is 8.64. The molecule has 0 aromatic heterocycles. The number of carbonyl (C=O) groups excluding carboxylic acids is 2. The molecule has 0 aliphatic carbocycles. The summed E-state index contributed by atoms with van der Waals surface area (Å²) in [6.07, 6.45) is 0.755. The number of amides is 2. The highest BCUT2D eigenvalue weighted by atomic mass is 32.1. The summed E-state index contributed by atoms with van der Waals surface area (Å²) in [5.74, 6) is -0.448. The molecule has 3 N–H and O–H groups in total. The number of ether oxygens (including phenoxy) is 1. The second-order valence-corrected chi connectivity index (χ2v) is 7.44. The van der Waals surface area contributed by atoms with Gasteiger partial charge in [0.05, 0.1) is 0 Å². The SMILES string of the molecule is COCCCNC(=O)c1ccc(NC(=S)NC(=O)c2ccc(-c3ccccc3)cc2)cc1. The van der Waals surface area contributed by atoms with Gasteiger partial charge in [-0.2, -0.15) is 0 Å². The smallest absolute Gasteiger partial charge is 0.257 e. The van der Waals surface area contributed by atoms with Gasteiger partial charge in [0.1, 0.15) is 0 Å². The van der Waals surface area contributed by atoms with E-state index < -0.39 is 0 Å². The first-order chi connectivity index (χ1) is 15.6. The lowest BCUT2D eigenvalue weighted by atomic mass is 10.0. The van der Waals surface area contributed by atoms with E-state index in [1.54, 1.807) is 43.5 Å². The average Bonchev–Trinajstić information content (AvgIpc) is 2.83. The van der Waals surface area contributed by atoms with Crippen LogP contribution in [-0.4, -0.2) is 37.2 Å². The Kier molecular flexibility index (Phi) is 8.48. The molecule has 164 valence electrons. The number of methoxy groups -OCH3 is 1. The molecule has 3 aromatic carbocycles. The Morgan fingerprint density at radius 2 is 1.41 bits per heavy atom. The van der Waals surface area contributed by atoms with Crippen molar-refractivity contribution < 1.29 is 14.3 Å². The van der Waals surface area contributed by atoms with E-state index in [2.05, 4.69) is 16.0 Å². The average molecular weight is 448 g/mol. The second kappa shape index (κ2) is 11.7. The summed E-state index contributed by atoms with van der Waals surface area (Å²) in [6, 6.07) is 24.1. The number of benzene rings is 3. The number of thiocarbonyl (C=S) groups is 1. The van der Waals surface area contributed by atoms with Crippen molar-refractivity contribution in [2.45, 2.75) is 6.42 Å². The zero-order chi connectivity index (χ0) is 22.8. The highest BCUT2D eigenvalue weighted by Gasteiger charge is 2.09. The maximum absolute atomic E-state index is 12.5. The maximum Gasteiger partial charge on any atom is 0.257 e. The predicted molar refractivity (Wildman–Crippen MR) is 131 cm³/mol. The molecule has 32 heavy (non-hydrogen) atoms. The van der Waals surface area contributed by atoms with Crippen molar-refractivity contribution in [3.63, 3.8) is 0 Å². The molecule has 0 saturated carbocycles. The van der Waals surface area contributed by atoms with Gasteiger partial charge in [0.25, 0.3) is 11.8 Å².